The van der Waals surface area contributed by atoms with E-state index in [1.54, 1.807) is 0 Å². The van der Waals surface area contributed by atoms with Crippen molar-refractivity contribution in [1.82, 2.24) is 15.1 Å². The number of benzene rings is 1. The molecule has 6 heteroatoms. The Hall–Kier alpha value is -2.37. The molecule has 2 heterocycles. The number of amides is 3. The van der Waals surface area contributed by atoms with E-state index >= 15 is 0 Å². The highest BCUT2D eigenvalue weighted by Gasteiger charge is 2.47. The van der Waals surface area contributed by atoms with E-state index in [1.165, 1.54) is 6.42 Å². The van der Waals surface area contributed by atoms with Crippen molar-refractivity contribution in [2.75, 3.05) is 19.6 Å². The highest BCUT2D eigenvalue weighted by Crippen LogP contribution is 2.40. The van der Waals surface area contributed by atoms with Crippen molar-refractivity contribution in [2.24, 2.45) is 5.92 Å². The van der Waals surface area contributed by atoms with Crippen LogP contribution in [0.2, 0.25) is 0 Å². The van der Waals surface area contributed by atoms with Crippen molar-refractivity contribution in [3.05, 3.63) is 35.9 Å². The highest BCUT2D eigenvalue weighted by atomic mass is 16.2. The summed E-state index contributed by atoms with van der Waals surface area (Å²) < 4.78 is 0. The summed E-state index contributed by atoms with van der Waals surface area (Å²) in [5.41, 5.74) is 0.659. The lowest BCUT2D eigenvalue weighted by Gasteiger charge is -2.33. The molecule has 1 aromatic rings. The monoisotopic (exact) mass is 425 g/mol. The molecule has 3 atom stereocenters. The van der Waals surface area contributed by atoms with Gasteiger partial charge in [0, 0.05) is 37.7 Å². The minimum Gasteiger partial charge on any atom is -0.354 e. The Morgan fingerprint density at radius 3 is 2.65 bits per heavy atom. The second-order valence-electron chi connectivity index (χ2n) is 9.28. The molecular weight excluding hydrogens is 390 g/mol. The second-order valence-corrected chi connectivity index (χ2v) is 9.28. The normalized spacial score (nSPS) is 26.3. The molecule has 3 unspecified atom stereocenters. The largest absolute Gasteiger partial charge is 0.354 e. The first-order valence-corrected chi connectivity index (χ1v) is 12.1. The Balaban J connectivity index is 1.36. The maximum Gasteiger partial charge on any atom is 0.254 e. The van der Waals surface area contributed by atoms with Crippen LogP contribution in [-0.2, 0) is 9.59 Å². The fourth-order valence-corrected chi connectivity index (χ4v) is 5.59. The zero-order chi connectivity index (χ0) is 21.6. The van der Waals surface area contributed by atoms with E-state index in [4.69, 9.17) is 0 Å². The number of hydrogen-bond donors (Lipinski definition) is 1. The van der Waals surface area contributed by atoms with E-state index in [1.807, 2.05) is 40.1 Å². The van der Waals surface area contributed by atoms with Gasteiger partial charge in [-0.1, -0.05) is 37.5 Å². The molecule has 0 bridgehead atoms. The number of nitrogens with one attached hydrogen (secondary N) is 1. The Kier molecular flexibility index (Phi) is 7.25. The molecule has 3 fully saturated rings. The summed E-state index contributed by atoms with van der Waals surface area (Å²) in [6.45, 7) is 2.07. The molecule has 0 radical (unpaired) electrons. The maximum absolute atomic E-state index is 13.3. The van der Waals surface area contributed by atoms with E-state index in [9.17, 15) is 14.4 Å². The van der Waals surface area contributed by atoms with Crippen LogP contribution >= 0.6 is 0 Å². The molecule has 31 heavy (non-hydrogen) atoms. The van der Waals surface area contributed by atoms with Crippen LogP contribution in [0.1, 0.15) is 74.6 Å². The third kappa shape index (κ3) is 5.10. The molecule has 4 rings (SSSR count). The van der Waals surface area contributed by atoms with E-state index in [0.717, 1.165) is 57.9 Å². The van der Waals surface area contributed by atoms with Crippen LogP contribution in [-0.4, -0.2) is 59.2 Å². The van der Waals surface area contributed by atoms with Gasteiger partial charge in [-0.15, -0.1) is 0 Å². The zero-order valence-corrected chi connectivity index (χ0v) is 18.4. The average molecular weight is 426 g/mol. The first-order chi connectivity index (χ1) is 15.1. The van der Waals surface area contributed by atoms with Crippen molar-refractivity contribution in [1.29, 1.82) is 0 Å². The Labute approximate surface area is 185 Å². The minimum absolute atomic E-state index is 0.0229. The molecule has 2 aliphatic heterocycles. The number of rotatable bonds is 6. The van der Waals surface area contributed by atoms with E-state index in [0.29, 0.717) is 31.0 Å². The van der Waals surface area contributed by atoms with Crippen LogP contribution in [0.15, 0.2) is 30.3 Å². The number of carbonyl (C=O) groups excluding carboxylic acids is 3. The lowest BCUT2D eigenvalue weighted by molar-refractivity contribution is -0.130. The quantitative estimate of drug-likeness (QED) is 0.711. The van der Waals surface area contributed by atoms with Crippen LogP contribution in [0.4, 0.5) is 0 Å². The Morgan fingerprint density at radius 2 is 1.81 bits per heavy atom. The van der Waals surface area contributed by atoms with Crippen LogP contribution in [0.3, 0.4) is 0 Å². The smallest absolute Gasteiger partial charge is 0.254 e. The van der Waals surface area contributed by atoms with Crippen LogP contribution in [0.25, 0.3) is 0 Å². The molecule has 1 aliphatic carbocycles. The molecule has 3 amide bonds. The first-order valence-electron chi connectivity index (χ1n) is 12.1. The van der Waals surface area contributed by atoms with Gasteiger partial charge in [-0.25, -0.2) is 0 Å². The summed E-state index contributed by atoms with van der Waals surface area (Å²) >= 11 is 0. The lowest BCUT2D eigenvalue weighted by atomic mass is 9.84. The predicted molar refractivity (Wildman–Crippen MR) is 119 cm³/mol. The van der Waals surface area contributed by atoms with Crippen molar-refractivity contribution >= 4 is 17.7 Å². The maximum atomic E-state index is 13.3. The standard InChI is InChI=1S/C25H35N3O3/c29-23-14-5-2-8-16-27(23)17-9-15-26-24(30)22-18-20-12-6-7-13-21(20)28(22)25(31)19-10-3-1-4-11-19/h1,3-4,10-11,20-22H,2,5-9,12-18H2,(H,26,30). The van der Waals surface area contributed by atoms with Crippen LogP contribution in [0, 0.1) is 5.92 Å². The van der Waals surface area contributed by atoms with Gasteiger partial charge < -0.3 is 15.1 Å². The van der Waals surface area contributed by atoms with Crippen molar-refractivity contribution in [3.8, 4) is 0 Å². The fourth-order valence-electron chi connectivity index (χ4n) is 5.59. The summed E-state index contributed by atoms with van der Waals surface area (Å²) in [5, 5.41) is 3.07. The van der Waals surface area contributed by atoms with Gasteiger partial charge in [-0.3, -0.25) is 14.4 Å². The molecule has 0 spiro atoms. The zero-order valence-electron chi connectivity index (χ0n) is 18.4. The number of fused-ring (bicyclic) bond motifs is 1. The molecule has 2 saturated heterocycles. The van der Waals surface area contributed by atoms with Gasteiger partial charge >= 0.3 is 0 Å². The third-order valence-corrected chi connectivity index (χ3v) is 7.22. The molecule has 1 aromatic carbocycles. The van der Waals surface area contributed by atoms with Crippen LogP contribution in [0.5, 0.6) is 0 Å². The Morgan fingerprint density at radius 1 is 1.00 bits per heavy atom. The van der Waals surface area contributed by atoms with Crippen molar-refractivity contribution < 1.29 is 14.4 Å². The average Bonchev–Trinajstić information content (AvgIpc) is 3.07. The van der Waals surface area contributed by atoms with Crippen molar-refractivity contribution in [3.63, 3.8) is 0 Å². The van der Waals surface area contributed by atoms with Gasteiger partial charge in [-0.2, -0.15) is 0 Å². The van der Waals surface area contributed by atoms with Crippen molar-refractivity contribution in [2.45, 2.75) is 76.3 Å². The topological polar surface area (TPSA) is 69.7 Å². The van der Waals surface area contributed by atoms with E-state index in [2.05, 4.69) is 5.32 Å². The van der Waals surface area contributed by atoms with Crippen LogP contribution < -0.4 is 5.32 Å². The summed E-state index contributed by atoms with van der Waals surface area (Å²) in [6, 6.07) is 9.12. The number of hydrogen-bond acceptors (Lipinski definition) is 3. The SMILES string of the molecule is O=C(NCCCN1CCCCCC1=O)C1CC2CCCCC2N1C(=O)c1ccccc1. The predicted octanol–water partition coefficient (Wildman–Crippen LogP) is 3.37. The molecule has 1 N–H and O–H groups in total. The number of likely N-dealkylation sites (tertiary alicyclic amines) is 2. The number of carbonyl (C=O) groups is 3. The summed E-state index contributed by atoms with van der Waals surface area (Å²) in [4.78, 5) is 42.4. The molecule has 0 aromatic heterocycles. The highest BCUT2D eigenvalue weighted by molar-refractivity contribution is 5.98. The van der Waals surface area contributed by atoms with Gasteiger partial charge in [0.25, 0.3) is 5.91 Å². The van der Waals surface area contributed by atoms with E-state index < -0.39 is 0 Å². The summed E-state index contributed by atoms with van der Waals surface area (Å²) in [5.74, 6) is 0.599. The van der Waals surface area contributed by atoms with Gasteiger partial charge in [0.05, 0.1) is 0 Å². The first kappa shape index (κ1) is 21.8. The Bertz CT molecular complexity index is 781. The lowest BCUT2D eigenvalue weighted by Crippen LogP contribution is -2.49. The fraction of sp³-hybridized carbons (Fsp3) is 0.640. The second kappa shape index (κ2) is 10.3. The molecule has 168 valence electrons. The molecule has 1 saturated carbocycles. The third-order valence-electron chi connectivity index (χ3n) is 7.22. The summed E-state index contributed by atoms with van der Waals surface area (Å²) in [6.07, 6.45) is 9.74. The van der Waals surface area contributed by atoms with Gasteiger partial charge in [0.1, 0.15) is 6.04 Å². The minimum atomic E-state index is -0.388. The molecule has 3 aliphatic rings. The van der Waals surface area contributed by atoms with Gasteiger partial charge in [-0.05, 0) is 56.6 Å². The van der Waals surface area contributed by atoms with Gasteiger partial charge in [0.2, 0.25) is 11.8 Å². The molecule has 6 nitrogen and oxygen atoms in total. The van der Waals surface area contributed by atoms with Gasteiger partial charge in [0.15, 0.2) is 0 Å². The number of nitrogens with zero attached hydrogens (tertiary/aromatic N) is 2. The molecular formula is C25H35N3O3. The summed E-state index contributed by atoms with van der Waals surface area (Å²) in [7, 11) is 0. The van der Waals surface area contributed by atoms with E-state index in [-0.39, 0.29) is 29.8 Å².